The van der Waals surface area contributed by atoms with Crippen molar-refractivity contribution in [3.05, 3.63) is 59.4 Å². The van der Waals surface area contributed by atoms with Gasteiger partial charge in [0, 0.05) is 19.3 Å². The van der Waals surface area contributed by atoms with Crippen molar-refractivity contribution >= 4 is 56.7 Å². The van der Waals surface area contributed by atoms with Crippen LogP contribution in [0, 0.1) is 0 Å². The standard InChI is InChI=1S/C17H12N4OS2/c1-20-12(10-15-19-11-6-2-3-7-13(11)24-15)16(22)21(17(20)23)14-8-4-5-9-18-14/h2-10H,1H3. The Morgan fingerprint density at radius 3 is 2.71 bits per heavy atom. The van der Waals surface area contributed by atoms with Gasteiger partial charge in [-0.1, -0.05) is 18.2 Å². The normalized spacial score (nSPS) is 16.6. The van der Waals surface area contributed by atoms with E-state index in [9.17, 15) is 4.79 Å². The van der Waals surface area contributed by atoms with E-state index in [1.54, 1.807) is 47.7 Å². The Morgan fingerprint density at radius 1 is 1.17 bits per heavy atom. The number of thiazole rings is 1. The third-order valence-corrected chi connectivity index (χ3v) is 5.15. The van der Waals surface area contributed by atoms with Gasteiger partial charge in [0.1, 0.15) is 16.5 Å². The predicted molar refractivity (Wildman–Crippen MR) is 99.7 cm³/mol. The van der Waals surface area contributed by atoms with Crippen molar-refractivity contribution in [2.24, 2.45) is 0 Å². The van der Waals surface area contributed by atoms with Crippen molar-refractivity contribution < 1.29 is 4.79 Å². The van der Waals surface area contributed by atoms with Crippen molar-refractivity contribution in [1.29, 1.82) is 0 Å². The second-order valence-electron chi connectivity index (χ2n) is 5.22. The van der Waals surface area contributed by atoms with Gasteiger partial charge < -0.3 is 4.90 Å². The topological polar surface area (TPSA) is 49.3 Å². The molecule has 0 aliphatic carbocycles. The highest BCUT2D eigenvalue weighted by Crippen LogP contribution is 2.29. The number of hydrogen-bond acceptors (Lipinski definition) is 5. The number of carbonyl (C=O) groups excluding carboxylic acids is 1. The Balaban J connectivity index is 1.75. The first-order chi connectivity index (χ1) is 11.6. The van der Waals surface area contributed by atoms with Crippen LogP contribution in [0.5, 0.6) is 0 Å². The number of benzene rings is 1. The molecule has 1 fully saturated rings. The molecule has 3 aromatic rings. The molecule has 118 valence electrons. The van der Waals surface area contributed by atoms with E-state index in [0.717, 1.165) is 15.2 Å². The zero-order valence-corrected chi connectivity index (χ0v) is 14.3. The van der Waals surface area contributed by atoms with E-state index in [-0.39, 0.29) is 5.91 Å². The highest BCUT2D eigenvalue weighted by atomic mass is 32.1. The summed E-state index contributed by atoms with van der Waals surface area (Å²) in [6, 6.07) is 13.3. The average Bonchev–Trinajstić information content (AvgIpc) is 3.10. The number of anilines is 1. The van der Waals surface area contributed by atoms with E-state index >= 15 is 0 Å². The molecular weight excluding hydrogens is 340 g/mol. The first-order valence-electron chi connectivity index (χ1n) is 7.25. The Labute approximate surface area is 147 Å². The zero-order chi connectivity index (χ0) is 16.7. The summed E-state index contributed by atoms with van der Waals surface area (Å²) < 4.78 is 1.08. The van der Waals surface area contributed by atoms with Crippen molar-refractivity contribution in [3.8, 4) is 0 Å². The molecule has 1 aromatic carbocycles. The minimum absolute atomic E-state index is 0.194. The van der Waals surface area contributed by atoms with Gasteiger partial charge in [-0.2, -0.15) is 0 Å². The molecule has 0 N–H and O–H groups in total. The van der Waals surface area contributed by atoms with Crippen LogP contribution in [0.25, 0.3) is 16.3 Å². The van der Waals surface area contributed by atoms with Crippen LogP contribution in [0.3, 0.4) is 0 Å². The molecule has 1 aliphatic rings. The van der Waals surface area contributed by atoms with Crippen LogP contribution in [0.1, 0.15) is 5.01 Å². The molecule has 5 nitrogen and oxygen atoms in total. The van der Waals surface area contributed by atoms with E-state index in [2.05, 4.69) is 9.97 Å². The molecule has 24 heavy (non-hydrogen) atoms. The number of rotatable bonds is 2. The quantitative estimate of drug-likeness (QED) is 0.523. The third-order valence-electron chi connectivity index (χ3n) is 3.71. The molecule has 0 unspecified atom stereocenters. The largest absolute Gasteiger partial charge is 0.316 e. The first-order valence-corrected chi connectivity index (χ1v) is 8.48. The summed E-state index contributed by atoms with van der Waals surface area (Å²) in [5.74, 6) is 0.326. The molecule has 2 aromatic heterocycles. The van der Waals surface area contributed by atoms with Gasteiger partial charge in [0.25, 0.3) is 5.91 Å². The summed E-state index contributed by atoms with van der Waals surface area (Å²) in [4.78, 5) is 24.7. The van der Waals surface area contributed by atoms with Gasteiger partial charge in [-0.05, 0) is 36.5 Å². The van der Waals surface area contributed by atoms with Crippen LogP contribution in [0.2, 0.25) is 0 Å². The number of likely N-dealkylation sites (N-methyl/N-ethyl adjacent to an activating group) is 1. The highest BCUT2D eigenvalue weighted by Gasteiger charge is 2.37. The Hall–Kier alpha value is -2.64. The highest BCUT2D eigenvalue weighted by molar-refractivity contribution is 7.80. The van der Waals surface area contributed by atoms with Gasteiger partial charge in [0.2, 0.25) is 0 Å². The number of aromatic nitrogens is 2. The van der Waals surface area contributed by atoms with E-state index < -0.39 is 0 Å². The fraction of sp³-hybridized carbons (Fsp3) is 0.0588. The summed E-state index contributed by atoms with van der Waals surface area (Å²) in [5, 5.41) is 1.18. The Bertz CT molecular complexity index is 947. The smallest absolute Gasteiger partial charge is 0.282 e. The van der Waals surface area contributed by atoms with Gasteiger partial charge in [-0.3, -0.25) is 4.79 Å². The summed E-state index contributed by atoms with van der Waals surface area (Å²) in [5.41, 5.74) is 1.41. The number of hydrogen-bond donors (Lipinski definition) is 0. The molecule has 0 radical (unpaired) electrons. The van der Waals surface area contributed by atoms with Crippen molar-refractivity contribution in [3.63, 3.8) is 0 Å². The van der Waals surface area contributed by atoms with Crippen LogP contribution in [-0.4, -0.2) is 32.9 Å². The number of fused-ring (bicyclic) bond motifs is 1. The average molecular weight is 352 g/mol. The van der Waals surface area contributed by atoms with Gasteiger partial charge in [0.15, 0.2) is 5.11 Å². The Morgan fingerprint density at radius 2 is 1.96 bits per heavy atom. The van der Waals surface area contributed by atoms with Crippen molar-refractivity contribution in [1.82, 2.24) is 14.9 Å². The maximum Gasteiger partial charge on any atom is 0.282 e. The molecule has 7 heteroatoms. The molecule has 0 saturated carbocycles. The summed E-state index contributed by atoms with van der Waals surface area (Å²) >= 11 is 6.96. The minimum atomic E-state index is -0.194. The number of nitrogens with zero attached hydrogens (tertiary/aromatic N) is 4. The zero-order valence-electron chi connectivity index (χ0n) is 12.7. The van der Waals surface area contributed by atoms with Crippen LogP contribution >= 0.6 is 23.6 Å². The molecule has 4 rings (SSSR count). The van der Waals surface area contributed by atoms with E-state index in [0.29, 0.717) is 16.6 Å². The van der Waals surface area contributed by atoms with Gasteiger partial charge >= 0.3 is 0 Å². The molecule has 0 spiro atoms. The lowest BCUT2D eigenvalue weighted by Crippen LogP contribution is -2.31. The number of thiocarbonyl (C=S) groups is 1. The number of amides is 1. The van der Waals surface area contributed by atoms with Crippen LogP contribution in [0.15, 0.2) is 54.4 Å². The van der Waals surface area contributed by atoms with Crippen molar-refractivity contribution in [2.75, 3.05) is 11.9 Å². The third kappa shape index (κ3) is 2.38. The second kappa shape index (κ2) is 5.77. The van der Waals surface area contributed by atoms with E-state index in [4.69, 9.17) is 12.2 Å². The van der Waals surface area contributed by atoms with Gasteiger partial charge in [0.05, 0.1) is 10.2 Å². The molecule has 0 atom stereocenters. The fourth-order valence-electron chi connectivity index (χ4n) is 2.51. The molecule has 1 amide bonds. The molecule has 3 heterocycles. The summed E-state index contributed by atoms with van der Waals surface area (Å²) in [6.45, 7) is 0. The van der Waals surface area contributed by atoms with E-state index in [1.165, 1.54) is 4.90 Å². The Kier molecular flexibility index (Phi) is 3.59. The molecule has 1 aliphatic heterocycles. The fourth-order valence-corrected chi connectivity index (χ4v) is 3.69. The lowest BCUT2D eigenvalue weighted by molar-refractivity contribution is -0.114. The molecule has 0 bridgehead atoms. The maximum atomic E-state index is 12.8. The van der Waals surface area contributed by atoms with Gasteiger partial charge in [-0.15, -0.1) is 11.3 Å². The van der Waals surface area contributed by atoms with Crippen LogP contribution in [0.4, 0.5) is 5.82 Å². The molecule has 1 saturated heterocycles. The summed E-state index contributed by atoms with van der Waals surface area (Å²) in [7, 11) is 1.78. The van der Waals surface area contributed by atoms with Crippen molar-refractivity contribution in [2.45, 2.75) is 0 Å². The lowest BCUT2D eigenvalue weighted by atomic mass is 10.3. The first kappa shape index (κ1) is 14.9. The van der Waals surface area contributed by atoms with Crippen LogP contribution in [-0.2, 0) is 4.79 Å². The monoisotopic (exact) mass is 352 g/mol. The SMILES string of the molecule is CN1C(=S)N(c2ccccn2)C(=O)C1=Cc1nc2ccccc2s1. The van der Waals surface area contributed by atoms with E-state index in [1.807, 2.05) is 30.3 Å². The van der Waals surface area contributed by atoms with Gasteiger partial charge in [-0.25, -0.2) is 14.9 Å². The number of para-hydroxylation sites is 1. The number of pyridine rings is 1. The summed E-state index contributed by atoms with van der Waals surface area (Å²) in [6.07, 6.45) is 3.42. The molecular formula is C17H12N4OS2. The lowest BCUT2D eigenvalue weighted by Gasteiger charge is -2.14. The maximum absolute atomic E-state index is 12.8. The second-order valence-corrected chi connectivity index (χ2v) is 6.65. The predicted octanol–water partition coefficient (Wildman–Crippen LogP) is 3.30. The number of carbonyl (C=O) groups is 1. The van der Waals surface area contributed by atoms with Crippen LogP contribution < -0.4 is 4.90 Å². The minimum Gasteiger partial charge on any atom is -0.316 e.